The minimum absolute atomic E-state index is 0.166. The van der Waals surface area contributed by atoms with Crippen LogP contribution in [0.15, 0.2) is 0 Å². The maximum atomic E-state index is 11.2. The number of carbonyl (C=O) groups is 1. The van der Waals surface area contributed by atoms with Crippen LogP contribution < -0.4 is 0 Å². The second-order valence-electron chi connectivity index (χ2n) is 4.90. The molecule has 16 heavy (non-hydrogen) atoms. The fraction of sp³-hybridized carbons (Fsp3) is 0.923. The van der Waals surface area contributed by atoms with Gasteiger partial charge in [0.15, 0.2) is 0 Å². The molecule has 3 nitrogen and oxygen atoms in total. The molecule has 0 spiro atoms. The normalized spacial score (nSPS) is 26.0. The lowest BCUT2D eigenvalue weighted by atomic mass is 9.91. The maximum Gasteiger partial charge on any atom is 0.132 e. The van der Waals surface area contributed by atoms with Crippen molar-refractivity contribution in [2.24, 2.45) is 0 Å². The van der Waals surface area contributed by atoms with E-state index in [4.69, 9.17) is 0 Å². The van der Waals surface area contributed by atoms with Crippen LogP contribution in [0.2, 0.25) is 0 Å². The van der Waals surface area contributed by atoms with Crippen LogP contribution in [0.25, 0.3) is 0 Å². The molecule has 2 unspecified atom stereocenters. The Hall–Kier alpha value is -0.410. The molecular formula is C13H25NO2. The Kier molecular flexibility index (Phi) is 5.99. The number of hydrogen-bond donors (Lipinski definition) is 1. The zero-order chi connectivity index (χ0) is 12.0. The molecule has 0 amide bonds. The Morgan fingerprint density at radius 1 is 1.38 bits per heavy atom. The lowest BCUT2D eigenvalue weighted by Crippen LogP contribution is -2.43. The maximum absolute atomic E-state index is 11.2. The van der Waals surface area contributed by atoms with E-state index in [-0.39, 0.29) is 6.10 Å². The first-order valence-corrected chi connectivity index (χ1v) is 6.55. The number of Topliss-reactive ketones (excluding diaryl/α,β-unsaturated/α-hetero) is 1. The molecule has 1 N–H and O–H groups in total. The number of nitrogens with zero attached hydrogens (tertiary/aromatic N) is 1. The number of rotatable bonds is 6. The highest BCUT2D eigenvalue weighted by Crippen LogP contribution is 2.22. The summed E-state index contributed by atoms with van der Waals surface area (Å²) in [5.74, 6) is 0.345. The van der Waals surface area contributed by atoms with Gasteiger partial charge in [0.2, 0.25) is 0 Å². The number of carbonyl (C=O) groups excluding carboxylic acids is 1. The SMILES string of the molecule is CCC(=O)CCCN(C)C1CCCCC1O. The number of likely N-dealkylation sites (N-methyl/N-ethyl adjacent to an activating group) is 1. The molecule has 0 heterocycles. The van der Waals surface area contributed by atoms with Gasteiger partial charge in [0.05, 0.1) is 6.10 Å². The van der Waals surface area contributed by atoms with Gasteiger partial charge in [-0.25, -0.2) is 0 Å². The minimum Gasteiger partial charge on any atom is -0.391 e. The summed E-state index contributed by atoms with van der Waals surface area (Å²) in [5.41, 5.74) is 0. The summed E-state index contributed by atoms with van der Waals surface area (Å²) in [4.78, 5) is 13.4. The highest BCUT2D eigenvalue weighted by atomic mass is 16.3. The van der Waals surface area contributed by atoms with Crippen molar-refractivity contribution in [1.82, 2.24) is 4.90 Å². The van der Waals surface area contributed by atoms with Crippen molar-refractivity contribution >= 4 is 5.78 Å². The predicted molar refractivity (Wildman–Crippen MR) is 65.4 cm³/mol. The third kappa shape index (κ3) is 4.22. The molecule has 0 saturated heterocycles. The fourth-order valence-electron chi connectivity index (χ4n) is 2.47. The average Bonchev–Trinajstić information content (AvgIpc) is 2.29. The van der Waals surface area contributed by atoms with Gasteiger partial charge in [-0.2, -0.15) is 0 Å². The topological polar surface area (TPSA) is 40.5 Å². The van der Waals surface area contributed by atoms with Crippen molar-refractivity contribution in [1.29, 1.82) is 0 Å². The van der Waals surface area contributed by atoms with Gasteiger partial charge in [-0.05, 0) is 32.9 Å². The molecule has 0 aromatic rings. The quantitative estimate of drug-likeness (QED) is 0.754. The van der Waals surface area contributed by atoms with Gasteiger partial charge in [0.25, 0.3) is 0 Å². The molecule has 1 rings (SSSR count). The van der Waals surface area contributed by atoms with E-state index in [9.17, 15) is 9.90 Å². The number of ketones is 1. The van der Waals surface area contributed by atoms with Crippen LogP contribution in [0.1, 0.15) is 51.9 Å². The Labute approximate surface area is 98.8 Å². The van der Waals surface area contributed by atoms with Gasteiger partial charge in [0, 0.05) is 18.9 Å². The molecule has 1 fully saturated rings. The zero-order valence-corrected chi connectivity index (χ0v) is 10.6. The molecular weight excluding hydrogens is 202 g/mol. The molecule has 0 radical (unpaired) electrons. The van der Waals surface area contributed by atoms with Gasteiger partial charge in [-0.1, -0.05) is 19.8 Å². The average molecular weight is 227 g/mol. The summed E-state index contributed by atoms with van der Waals surface area (Å²) >= 11 is 0. The molecule has 0 aromatic heterocycles. The summed E-state index contributed by atoms with van der Waals surface area (Å²) in [5, 5.41) is 9.89. The summed E-state index contributed by atoms with van der Waals surface area (Å²) in [6, 6.07) is 0.311. The first kappa shape index (κ1) is 13.7. The zero-order valence-electron chi connectivity index (χ0n) is 10.6. The van der Waals surface area contributed by atoms with Crippen LogP contribution in [0.4, 0.5) is 0 Å². The number of aliphatic hydroxyl groups is 1. The van der Waals surface area contributed by atoms with E-state index in [0.29, 0.717) is 24.7 Å². The van der Waals surface area contributed by atoms with Crippen LogP contribution in [-0.2, 0) is 4.79 Å². The summed E-state index contributed by atoms with van der Waals surface area (Å²) in [7, 11) is 2.07. The summed E-state index contributed by atoms with van der Waals surface area (Å²) < 4.78 is 0. The van der Waals surface area contributed by atoms with Crippen LogP contribution >= 0.6 is 0 Å². The van der Waals surface area contributed by atoms with E-state index in [1.807, 2.05) is 6.92 Å². The van der Waals surface area contributed by atoms with Gasteiger partial charge in [0.1, 0.15) is 5.78 Å². The minimum atomic E-state index is -0.166. The molecule has 1 aliphatic rings. The Morgan fingerprint density at radius 3 is 2.69 bits per heavy atom. The third-order valence-electron chi connectivity index (χ3n) is 3.62. The van der Waals surface area contributed by atoms with Gasteiger partial charge in [-0.15, -0.1) is 0 Å². The van der Waals surface area contributed by atoms with E-state index >= 15 is 0 Å². The first-order chi connectivity index (χ1) is 7.65. The number of aliphatic hydroxyl groups excluding tert-OH is 1. The van der Waals surface area contributed by atoms with Crippen molar-refractivity contribution in [3.8, 4) is 0 Å². The predicted octanol–water partition coefficient (Wildman–Crippen LogP) is 1.98. The highest BCUT2D eigenvalue weighted by Gasteiger charge is 2.25. The molecule has 0 aromatic carbocycles. The standard InChI is InChI=1S/C13H25NO2/c1-3-11(15)7-6-10-14(2)12-8-4-5-9-13(12)16/h12-13,16H,3-10H2,1-2H3. The second kappa shape index (κ2) is 7.02. The van der Waals surface area contributed by atoms with E-state index < -0.39 is 0 Å². The van der Waals surface area contributed by atoms with E-state index in [1.54, 1.807) is 0 Å². The molecule has 94 valence electrons. The van der Waals surface area contributed by atoms with E-state index in [0.717, 1.165) is 32.2 Å². The second-order valence-corrected chi connectivity index (χ2v) is 4.90. The smallest absolute Gasteiger partial charge is 0.132 e. The Balaban J connectivity index is 2.22. The van der Waals surface area contributed by atoms with Crippen molar-refractivity contribution in [3.63, 3.8) is 0 Å². The first-order valence-electron chi connectivity index (χ1n) is 6.55. The Morgan fingerprint density at radius 2 is 2.06 bits per heavy atom. The van der Waals surface area contributed by atoms with Crippen molar-refractivity contribution in [3.05, 3.63) is 0 Å². The molecule has 1 saturated carbocycles. The Bertz CT molecular complexity index is 218. The molecule has 1 aliphatic carbocycles. The summed E-state index contributed by atoms with van der Waals surface area (Å²) in [6.07, 6.45) is 6.49. The largest absolute Gasteiger partial charge is 0.391 e. The van der Waals surface area contributed by atoms with Crippen LogP contribution in [0.5, 0.6) is 0 Å². The lowest BCUT2D eigenvalue weighted by Gasteiger charge is -2.35. The molecule has 2 atom stereocenters. The molecule has 3 heteroatoms. The van der Waals surface area contributed by atoms with Crippen LogP contribution in [0.3, 0.4) is 0 Å². The van der Waals surface area contributed by atoms with Crippen LogP contribution in [0, 0.1) is 0 Å². The van der Waals surface area contributed by atoms with E-state index in [2.05, 4.69) is 11.9 Å². The fourth-order valence-corrected chi connectivity index (χ4v) is 2.47. The van der Waals surface area contributed by atoms with Crippen molar-refractivity contribution < 1.29 is 9.90 Å². The number of hydrogen-bond acceptors (Lipinski definition) is 3. The molecule has 0 aliphatic heterocycles. The van der Waals surface area contributed by atoms with Crippen molar-refractivity contribution in [2.75, 3.05) is 13.6 Å². The van der Waals surface area contributed by atoms with Gasteiger partial charge in [-0.3, -0.25) is 4.79 Å². The van der Waals surface area contributed by atoms with Crippen LogP contribution in [-0.4, -0.2) is 41.5 Å². The summed E-state index contributed by atoms with van der Waals surface area (Å²) in [6.45, 7) is 2.84. The van der Waals surface area contributed by atoms with Gasteiger partial charge >= 0.3 is 0 Å². The molecule has 0 bridgehead atoms. The third-order valence-corrected chi connectivity index (χ3v) is 3.62. The van der Waals surface area contributed by atoms with Gasteiger partial charge < -0.3 is 10.0 Å². The van der Waals surface area contributed by atoms with Crippen molar-refractivity contribution in [2.45, 2.75) is 64.0 Å². The monoisotopic (exact) mass is 227 g/mol. The highest BCUT2D eigenvalue weighted by molar-refractivity contribution is 5.77. The van der Waals surface area contributed by atoms with E-state index in [1.165, 1.54) is 6.42 Å². The lowest BCUT2D eigenvalue weighted by molar-refractivity contribution is -0.118.